The van der Waals surface area contributed by atoms with Crippen molar-refractivity contribution in [2.75, 3.05) is 14.2 Å². The monoisotopic (exact) mass is 354 g/mol. The zero-order valence-electron chi connectivity index (χ0n) is 14.8. The number of benzene rings is 2. The highest BCUT2D eigenvalue weighted by Gasteiger charge is 2.18. The Balaban J connectivity index is 1.73. The molecule has 2 aromatic rings. The summed E-state index contributed by atoms with van der Waals surface area (Å²) in [6.45, 7) is 0. The van der Waals surface area contributed by atoms with E-state index in [1.54, 1.807) is 30.3 Å². The molecule has 136 valence electrons. The molecule has 2 N–H and O–H groups in total. The van der Waals surface area contributed by atoms with Gasteiger partial charge in [0.1, 0.15) is 11.9 Å². The molecular formula is C21H22O5. The maximum atomic E-state index is 9.74. The van der Waals surface area contributed by atoms with Crippen molar-refractivity contribution >= 4 is 6.08 Å². The van der Waals surface area contributed by atoms with Crippen molar-refractivity contribution in [2.24, 2.45) is 0 Å². The summed E-state index contributed by atoms with van der Waals surface area (Å²) < 4.78 is 16.4. The minimum absolute atomic E-state index is 0.0940. The average molecular weight is 354 g/mol. The average Bonchev–Trinajstić information content (AvgIpc) is 2.68. The maximum absolute atomic E-state index is 9.74. The van der Waals surface area contributed by atoms with E-state index in [0.717, 1.165) is 29.7 Å². The van der Waals surface area contributed by atoms with Crippen LogP contribution in [0, 0.1) is 0 Å². The number of allylic oxidation sites excluding steroid dienone is 2. The Labute approximate surface area is 152 Å². The molecule has 5 heteroatoms. The van der Waals surface area contributed by atoms with Crippen LogP contribution in [0.5, 0.6) is 23.0 Å². The van der Waals surface area contributed by atoms with Gasteiger partial charge in [-0.05, 0) is 60.4 Å². The first kappa shape index (κ1) is 17.7. The van der Waals surface area contributed by atoms with Crippen molar-refractivity contribution in [1.82, 2.24) is 0 Å². The largest absolute Gasteiger partial charge is 0.504 e. The van der Waals surface area contributed by atoms with Crippen LogP contribution in [0.25, 0.3) is 6.08 Å². The molecule has 5 nitrogen and oxygen atoms in total. The number of hydrogen-bond donors (Lipinski definition) is 2. The molecule has 26 heavy (non-hydrogen) atoms. The minimum atomic E-state index is -0.0940. The lowest BCUT2D eigenvalue weighted by Crippen LogP contribution is -2.08. The topological polar surface area (TPSA) is 68.2 Å². The molecule has 1 aliphatic rings. The molecule has 0 bridgehead atoms. The van der Waals surface area contributed by atoms with Gasteiger partial charge < -0.3 is 24.4 Å². The molecule has 1 atom stereocenters. The summed E-state index contributed by atoms with van der Waals surface area (Å²) in [5.41, 5.74) is 1.86. The fraction of sp³-hybridized carbons (Fsp3) is 0.238. The van der Waals surface area contributed by atoms with Gasteiger partial charge in [0.05, 0.1) is 14.2 Å². The van der Waals surface area contributed by atoms with Gasteiger partial charge in [-0.2, -0.15) is 0 Å². The molecule has 2 aromatic carbocycles. The number of hydrogen-bond acceptors (Lipinski definition) is 5. The first-order chi connectivity index (χ1) is 12.6. The first-order valence-electron chi connectivity index (χ1n) is 8.39. The second-order valence-electron chi connectivity index (χ2n) is 5.99. The maximum Gasteiger partial charge on any atom is 0.161 e. The van der Waals surface area contributed by atoms with Gasteiger partial charge in [-0.25, -0.2) is 0 Å². The van der Waals surface area contributed by atoms with E-state index in [-0.39, 0.29) is 17.6 Å². The summed E-state index contributed by atoms with van der Waals surface area (Å²) in [4.78, 5) is 0. The van der Waals surface area contributed by atoms with Crippen LogP contribution in [0.15, 0.2) is 54.3 Å². The third-order valence-corrected chi connectivity index (χ3v) is 4.27. The molecule has 0 spiro atoms. The van der Waals surface area contributed by atoms with Crippen LogP contribution in [0.2, 0.25) is 0 Å². The van der Waals surface area contributed by atoms with Crippen molar-refractivity contribution in [2.45, 2.75) is 18.9 Å². The molecule has 0 saturated heterocycles. The minimum Gasteiger partial charge on any atom is -0.504 e. The van der Waals surface area contributed by atoms with Crippen molar-refractivity contribution in [3.63, 3.8) is 0 Å². The zero-order valence-corrected chi connectivity index (χ0v) is 14.8. The standard InChI is InChI=1S/C21H22O5/c1-24-20-12-14(7-10-17(20)22)6-9-16-4-3-5-19(26-16)15-8-11-18(23)21(13-15)25-2/h4,6-13,19,22-23H,3,5H2,1-2H3. The van der Waals surface area contributed by atoms with Gasteiger partial charge in [-0.1, -0.05) is 18.2 Å². The summed E-state index contributed by atoms with van der Waals surface area (Å²) in [6.07, 6.45) is 7.51. The number of rotatable bonds is 5. The fourth-order valence-electron chi connectivity index (χ4n) is 2.86. The van der Waals surface area contributed by atoms with E-state index in [1.807, 2.05) is 24.3 Å². The molecule has 0 saturated carbocycles. The molecule has 1 unspecified atom stereocenters. The third kappa shape index (κ3) is 3.94. The summed E-state index contributed by atoms with van der Waals surface area (Å²) >= 11 is 0. The number of phenols is 2. The second kappa shape index (κ2) is 7.87. The lowest BCUT2D eigenvalue weighted by molar-refractivity contribution is 0.105. The van der Waals surface area contributed by atoms with Gasteiger partial charge in [-0.3, -0.25) is 0 Å². The molecule has 0 aliphatic carbocycles. The molecule has 0 fully saturated rings. The van der Waals surface area contributed by atoms with Crippen LogP contribution in [0.4, 0.5) is 0 Å². The molecule has 0 radical (unpaired) electrons. The highest BCUT2D eigenvalue weighted by atomic mass is 16.5. The van der Waals surface area contributed by atoms with E-state index in [4.69, 9.17) is 14.2 Å². The molecule has 1 aliphatic heterocycles. The van der Waals surface area contributed by atoms with Crippen molar-refractivity contribution in [1.29, 1.82) is 0 Å². The smallest absolute Gasteiger partial charge is 0.161 e. The normalized spacial score (nSPS) is 16.8. The Kier molecular flexibility index (Phi) is 5.37. The first-order valence-corrected chi connectivity index (χ1v) is 8.39. The second-order valence-corrected chi connectivity index (χ2v) is 5.99. The van der Waals surface area contributed by atoms with Crippen LogP contribution in [0.3, 0.4) is 0 Å². The van der Waals surface area contributed by atoms with E-state index < -0.39 is 0 Å². The van der Waals surface area contributed by atoms with E-state index in [0.29, 0.717) is 11.5 Å². The Morgan fingerprint density at radius 2 is 1.65 bits per heavy atom. The molecule has 1 heterocycles. The van der Waals surface area contributed by atoms with Gasteiger partial charge in [0.15, 0.2) is 23.0 Å². The number of phenolic OH excluding ortho intramolecular Hbond substituents is 2. The molecule has 0 aromatic heterocycles. The van der Waals surface area contributed by atoms with Gasteiger partial charge >= 0.3 is 0 Å². The third-order valence-electron chi connectivity index (χ3n) is 4.27. The van der Waals surface area contributed by atoms with Gasteiger partial charge in [0.2, 0.25) is 0 Å². The van der Waals surface area contributed by atoms with Crippen LogP contribution < -0.4 is 9.47 Å². The van der Waals surface area contributed by atoms with Gasteiger partial charge in [0, 0.05) is 0 Å². The van der Waals surface area contributed by atoms with E-state index in [2.05, 4.69) is 0 Å². The van der Waals surface area contributed by atoms with Crippen LogP contribution in [-0.2, 0) is 4.74 Å². The predicted octanol–water partition coefficient (Wildman–Crippen LogP) is 4.56. The number of methoxy groups -OCH3 is 2. The Morgan fingerprint density at radius 3 is 2.38 bits per heavy atom. The lowest BCUT2D eigenvalue weighted by Gasteiger charge is -2.24. The predicted molar refractivity (Wildman–Crippen MR) is 99.5 cm³/mol. The zero-order chi connectivity index (χ0) is 18.5. The van der Waals surface area contributed by atoms with E-state index >= 15 is 0 Å². The number of ether oxygens (including phenoxy) is 3. The van der Waals surface area contributed by atoms with Gasteiger partial charge in [0.25, 0.3) is 0 Å². The lowest BCUT2D eigenvalue weighted by atomic mass is 10.0. The highest BCUT2D eigenvalue weighted by Crippen LogP contribution is 2.35. The molecule has 3 rings (SSSR count). The van der Waals surface area contributed by atoms with Crippen LogP contribution >= 0.6 is 0 Å². The van der Waals surface area contributed by atoms with Crippen LogP contribution in [-0.4, -0.2) is 24.4 Å². The van der Waals surface area contributed by atoms with E-state index in [1.165, 1.54) is 14.2 Å². The SMILES string of the molecule is COc1cc(C=CC2=CCCC(c3ccc(O)c(OC)c3)O2)ccc1O. The van der Waals surface area contributed by atoms with Crippen LogP contribution in [0.1, 0.15) is 30.1 Å². The Bertz CT molecular complexity index is 838. The summed E-state index contributed by atoms with van der Waals surface area (Å²) in [5, 5.41) is 19.4. The van der Waals surface area contributed by atoms with Crippen molar-refractivity contribution < 1.29 is 24.4 Å². The summed E-state index contributed by atoms with van der Waals surface area (Å²) in [7, 11) is 3.05. The molecular weight excluding hydrogens is 332 g/mol. The number of aromatic hydroxyl groups is 2. The molecule has 0 amide bonds. The van der Waals surface area contributed by atoms with E-state index in [9.17, 15) is 10.2 Å². The summed E-state index contributed by atoms with van der Waals surface area (Å²) in [5.74, 6) is 1.87. The Morgan fingerprint density at radius 1 is 0.962 bits per heavy atom. The van der Waals surface area contributed by atoms with Crippen molar-refractivity contribution in [3.8, 4) is 23.0 Å². The summed E-state index contributed by atoms with van der Waals surface area (Å²) in [6, 6.07) is 10.4. The quantitative estimate of drug-likeness (QED) is 0.824. The Hall–Kier alpha value is -3.08. The van der Waals surface area contributed by atoms with Crippen molar-refractivity contribution in [3.05, 3.63) is 65.4 Å². The highest BCUT2D eigenvalue weighted by molar-refractivity contribution is 5.57. The fourth-order valence-corrected chi connectivity index (χ4v) is 2.86. The van der Waals surface area contributed by atoms with Gasteiger partial charge in [-0.15, -0.1) is 0 Å².